The van der Waals surface area contributed by atoms with Crippen molar-refractivity contribution in [2.45, 2.75) is 46.7 Å². The average Bonchev–Trinajstić information content (AvgIpc) is 2.73. The number of benzene rings is 2. The molecule has 0 saturated heterocycles. The van der Waals surface area contributed by atoms with Gasteiger partial charge in [-0.3, -0.25) is 14.2 Å². The third-order valence-electron chi connectivity index (χ3n) is 5.23. The summed E-state index contributed by atoms with van der Waals surface area (Å²) in [6.45, 7) is 7.60. The molecule has 1 atom stereocenters. The fourth-order valence-corrected chi connectivity index (χ4v) is 3.25. The number of nitrogens with zero attached hydrogens (tertiary/aromatic N) is 3. The first-order chi connectivity index (χ1) is 14.7. The fraction of sp³-hybridized carbons (Fsp3) is 0.304. The Morgan fingerprint density at radius 1 is 1.13 bits per heavy atom. The first-order valence-corrected chi connectivity index (χ1v) is 10.5. The Hall–Kier alpha value is -3.19. The number of rotatable bonds is 6. The molecule has 1 unspecified atom stereocenters. The van der Waals surface area contributed by atoms with E-state index in [9.17, 15) is 14.4 Å². The monoisotopic (exact) mass is 440 g/mol. The maximum absolute atomic E-state index is 13.2. The van der Waals surface area contributed by atoms with Gasteiger partial charge in [0.15, 0.2) is 0 Å². The molecule has 162 valence electrons. The van der Waals surface area contributed by atoms with Gasteiger partial charge in [-0.05, 0) is 68.1 Å². The van der Waals surface area contributed by atoms with Gasteiger partial charge in [-0.15, -0.1) is 0 Å². The molecule has 0 aliphatic carbocycles. The highest BCUT2D eigenvalue weighted by molar-refractivity contribution is 6.30. The number of hydrogen-bond donors (Lipinski definition) is 1. The van der Waals surface area contributed by atoms with Gasteiger partial charge in [0.1, 0.15) is 0 Å². The highest BCUT2D eigenvalue weighted by atomic mass is 35.5. The molecule has 3 rings (SSSR count). The maximum atomic E-state index is 13.2. The highest BCUT2D eigenvalue weighted by Crippen LogP contribution is 2.13. The van der Waals surface area contributed by atoms with Crippen LogP contribution in [-0.2, 0) is 6.54 Å². The molecular formula is C23H25ClN4O3. The standard InChI is InChI=1S/C23H25ClN4O3/c1-5-16(4)25-21(29)20-22(30)27(13-17-7-6-8-18(24)12-17)23(31)28(26-20)19-10-9-14(2)15(3)11-19/h6-12,16H,5,13H2,1-4H3,(H,25,29). The molecule has 0 aliphatic heterocycles. The molecule has 1 aromatic heterocycles. The normalized spacial score (nSPS) is 11.9. The van der Waals surface area contributed by atoms with Crippen LogP contribution in [0.15, 0.2) is 52.1 Å². The Morgan fingerprint density at radius 2 is 1.87 bits per heavy atom. The van der Waals surface area contributed by atoms with Gasteiger partial charge in [0.25, 0.3) is 11.5 Å². The van der Waals surface area contributed by atoms with E-state index < -0.39 is 17.2 Å². The lowest BCUT2D eigenvalue weighted by Gasteiger charge is -2.15. The second kappa shape index (κ2) is 9.31. The van der Waals surface area contributed by atoms with E-state index in [1.54, 1.807) is 36.4 Å². The lowest BCUT2D eigenvalue weighted by molar-refractivity contribution is 0.0929. The molecule has 31 heavy (non-hydrogen) atoms. The Morgan fingerprint density at radius 3 is 2.52 bits per heavy atom. The molecule has 1 N–H and O–H groups in total. The van der Waals surface area contributed by atoms with Gasteiger partial charge in [0.05, 0.1) is 12.2 Å². The van der Waals surface area contributed by atoms with Gasteiger partial charge in [-0.25, -0.2) is 4.79 Å². The van der Waals surface area contributed by atoms with Crippen LogP contribution in [0.1, 0.15) is 47.4 Å². The third-order valence-corrected chi connectivity index (χ3v) is 5.46. The molecule has 1 heterocycles. The SMILES string of the molecule is CCC(C)NC(=O)c1nn(-c2ccc(C)c(C)c2)c(=O)n(Cc2cccc(Cl)c2)c1=O. The van der Waals surface area contributed by atoms with Crippen molar-refractivity contribution < 1.29 is 4.79 Å². The van der Waals surface area contributed by atoms with Gasteiger partial charge in [-0.1, -0.05) is 36.7 Å². The Kier molecular flexibility index (Phi) is 6.75. The van der Waals surface area contributed by atoms with Crippen molar-refractivity contribution in [2.75, 3.05) is 0 Å². The number of carbonyl (C=O) groups excluding carboxylic acids is 1. The molecule has 0 spiro atoms. The summed E-state index contributed by atoms with van der Waals surface area (Å²) in [5, 5.41) is 7.40. The molecule has 7 nitrogen and oxygen atoms in total. The number of amides is 1. The summed E-state index contributed by atoms with van der Waals surface area (Å²) < 4.78 is 2.11. The Balaban J connectivity index is 2.21. The highest BCUT2D eigenvalue weighted by Gasteiger charge is 2.21. The van der Waals surface area contributed by atoms with Crippen LogP contribution in [0.2, 0.25) is 5.02 Å². The summed E-state index contributed by atoms with van der Waals surface area (Å²) in [4.78, 5) is 39.1. The van der Waals surface area contributed by atoms with E-state index in [1.807, 2.05) is 33.8 Å². The van der Waals surface area contributed by atoms with Crippen LogP contribution in [-0.4, -0.2) is 26.3 Å². The van der Waals surface area contributed by atoms with Gasteiger partial charge < -0.3 is 5.32 Å². The van der Waals surface area contributed by atoms with Crippen molar-refractivity contribution in [1.29, 1.82) is 0 Å². The summed E-state index contributed by atoms with van der Waals surface area (Å²) in [7, 11) is 0. The second-order valence-electron chi connectivity index (χ2n) is 7.62. The lowest BCUT2D eigenvalue weighted by Crippen LogP contribution is -2.47. The predicted octanol–water partition coefficient (Wildman–Crippen LogP) is 3.24. The summed E-state index contributed by atoms with van der Waals surface area (Å²) in [6, 6.07) is 12.1. The molecular weight excluding hydrogens is 416 g/mol. The van der Waals surface area contributed by atoms with Crippen molar-refractivity contribution in [2.24, 2.45) is 0 Å². The van der Waals surface area contributed by atoms with Crippen molar-refractivity contribution >= 4 is 17.5 Å². The van der Waals surface area contributed by atoms with Crippen LogP contribution in [0.5, 0.6) is 0 Å². The zero-order valence-electron chi connectivity index (χ0n) is 18.0. The first-order valence-electron chi connectivity index (χ1n) is 10.1. The van der Waals surface area contributed by atoms with E-state index in [-0.39, 0.29) is 18.3 Å². The molecule has 0 aliphatic rings. The minimum atomic E-state index is -0.745. The van der Waals surface area contributed by atoms with Gasteiger partial charge in [-0.2, -0.15) is 9.78 Å². The topological polar surface area (TPSA) is 86.0 Å². The van der Waals surface area contributed by atoms with Crippen molar-refractivity contribution in [3.8, 4) is 5.69 Å². The third kappa shape index (κ3) is 4.94. The summed E-state index contributed by atoms with van der Waals surface area (Å²) >= 11 is 6.06. The number of nitrogens with one attached hydrogen (secondary N) is 1. The number of aromatic nitrogens is 3. The van der Waals surface area contributed by atoms with Crippen molar-refractivity contribution in [3.63, 3.8) is 0 Å². The summed E-state index contributed by atoms with van der Waals surface area (Å²) in [5.74, 6) is -0.614. The van der Waals surface area contributed by atoms with Crippen LogP contribution in [0.25, 0.3) is 5.69 Å². The molecule has 0 fully saturated rings. The van der Waals surface area contributed by atoms with E-state index in [0.29, 0.717) is 22.7 Å². The number of hydrogen-bond acceptors (Lipinski definition) is 4. The molecule has 0 radical (unpaired) electrons. The molecule has 3 aromatic rings. The number of carbonyl (C=O) groups is 1. The molecule has 0 saturated carbocycles. The first kappa shape index (κ1) is 22.5. The lowest BCUT2D eigenvalue weighted by atomic mass is 10.1. The van der Waals surface area contributed by atoms with Crippen LogP contribution < -0.4 is 16.6 Å². The van der Waals surface area contributed by atoms with Crippen molar-refractivity contribution in [1.82, 2.24) is 19.7 Å². The fourth-order valence-electron chi connectivity index (χ4n) is 3.03. The van der Waals surface area contributed by atoms with Crippen LogP contribution in [0.4, 0.5) is 0 Å². The molecule has 1 amide bonds. The average molecular weight is 441 g/mol. The van der Waals surface area contributed by atoms with E-state index in [0.717, 1.165) is 20.4 Å². The number of aryl methyl sites for hydroxylation is 2. The quantitative estimate of drug-likeness (QED) is 0.637. The minimum Gasteiger partial charge on any atom is -0.348 e. The van der Waals surface area contributed by atoms with E-state index in [1.165, 1.54) is 0 Å². The predicted molar refractivity (Wildman–Crippen MR) is 121 cm³/mol. The van der Waals surface area contributed by atoms with E-state index in [4.69, 9.17) is 11.6 Å². The smallest absolute Gasteiger partial charge is 0.348 e. The zero-order valence-corrected chi connectivity index (χ0v) is 18.7. The van der Waals surface area contributed by atoms with Gasteiger partial charge in [0.2, 0.25) is 5.69 Å². The summed E-state index contributed by atoms with van der Waals surface area (Å²) in [6.07, 6.45) is 0.694. The molecule has 2 aromatic carbocycles. The molecule has 0 bridgehead atoms. The second-order valence-corrected chi connectivity index (χ2v) is 8.05. The number of halogens is 1. The van der Waals surface area contributed by atoms with E-state index >= 15 is 0 Å². The largest absolute Gasteiger partial charge is 0.352 e. The van der Waals surface area contributed by atoms with Crippen LogP contribution in [0.3, 0.4) is 0 Å². The maximum Gasteiger partial charge on any atom is 0.352 e. The van der Waals surface area contributed by atoms with E-state index in [2.05, 4.69) is 10.4 Å². The minimum absolute atomic E-state index is 0.0325. The van der Waals surface area contributed by atoms with Gasteiger partial charge in [0, 0.05) is 11.1 Å². The van der Waals surface area contributed by atoms with Crippen molar-refractivity contribution in [3.05, 3.63) is 90.7 Å². The Bertz CT molecular complexity index is 1250. The molecule has 8 heteroatoms. The zero-order chi connectivity index (χ0) is 22.7. The summed E-state index contributed by atoms with van der Waals surface area (Å²) in [5.41, 5.74) is 1.45. The van der Waals surface area contributed by atoms with Gasteiger partial charge >= 0.3 is 5.69 Å². The van der Waals surface area contributed by atoms with Crippen LogP contribution in [0, 0.1) is 13.8 Å². The Labute approximate surface area is 185 Å². The van der Waals surface area contributed by atoms with Crippen LogP contribution >= 0.6 is 11.6 Å².